The van der Waals surface area contributed by atoms with Crippen molar-refractivity contribution in [2.75, 3.05) is 30.1 Å². The van der Waals surface area contributed by atoms with Gasteiger partial charge in [-0.15, -0.1) is 0 Å². The van der Waals surface area contributed by atoms with Gasteiger partial charge in [0.2, 0.25) is 0 Å². The highest BCUT2D eigenvalue weighted by Gasteiger charge is 2.22. The number of fused-ring (bicyclic) bond motifs is 1. The zero-order valence-electron chi connectivity index (χ0n) is 18.0. The first kappa shape index (κ1) is 21.6. The number of urea groups is 1. The lowest BCUT2D eigenvalue weighted by molar-refractivity contribution is 0.0527. The Bertz CT molecular complexity index is 1320. The van der Waals surface area contributed by atoms with Crippen molar-refractivity contribution in [3.63, 3.8) is 0 Å². The maximum absolute atomic E-state index is 12.6. The molecule has 0 spiro atoms. The Hall–Kier alpha value is -4.60. The van der Waals surface area contributed by atoms with E-state index in [2.05, 4.69) is 20.7 Å². The molecule has 2 amide bonds. The smallest absolute Gasteiger partial charge is 0.340 e. The molecule has 0 atom stereocenters. The summed E-state index contributed by atoms with van der Waals surface area (Å²) in [5, 5.41) is 9.66. The first-order valence-electron chi connectivity index (χ1n) is 10.1. The second-order valence-corrected chi connectivity index (χ2v) is 6.93. The van der Waals surface area contributed by atoms with Crippen LogP contribution in [0.3, 0.4) is 0 Å². The number of esters is 1. The number of rotatable bonds is 6. The summed E-state index contributed by atoms with van der Waals surface area (Å²) in [6, 6.07) is 13.6. The highest BCUT2D eigenvalue weighted by atomic mass is 16.5. The van der Waals surface area contributed by atoms with E-state index >= 15 is 0 Å². The maximum Gasteiger partial charge on any atom is 0.340 e. The summed E-state index contributed by atoms with van der Waals surface area (Å²) in [5.74, 6) is 0.291. The van der Waals surface area contributed by atoms with Gasteiger partial charge >= 0.3 is 12.0 Å². The molecule has 0 aliphatic rings. The molecule has 168 valence electrons. The van der Waals surface area contributed by atoms with Gasteiger partial charge in [-0.2, -0.15) is 5.10 Å². The zero-order chi connectivity index (χ0) is 23.4. The van der Waals surface area contributed by atoms with Crippen molar-refractivity contribution < 1.29 is 19.1 Å². The van der Waals surface area contributed by atoms with E-state index in [1.54, 1.807) is 55.6 Å². The number of anilines is 3. The number of nitrogens with one attached hydrogen (secondary N) is 2. The fourth-order valence-corrected chi connectivity index (χ4v) is 3.44. The average molecular weight is 446 g/mol. The minimum atomic E-state index is -0.490. The molecule has 4 N–H and O–H groups in total. The molecule has 0 bridgehead atoms. The number of ether oxygens (including phenoxy) is 2. The maximum atomic E-state index is 12.6. The molecule has 0 fully saturated rings. The Balaban J connectivity index is 1.61. The number of benzene rings is 2. The van der Waals surface area contributed by atoms with E-state index in [0.717, 1.165) is 0 Å². The van der Waals surface area contributed by atoms with Crippen LogP contribution in [0.15, 0.2) is 61.1 Å². The zero-order valence-corrected chi connectivity index (χ0v) is 18.0. The standard InChI is InChI=1S/C23H22N6O4/c1-3-33-22(30)16-12-29-20(21(24)25-13-26-29)19(16)14-8-10-15(11-9-14)27-23(31)28-17-6-4-5-7-18(17)32-2/h4-13H,3H2,1-2H3,(H2,24,25,26)(H2,27,28,31). The van der Waals surface area contributed by atoms with Crippen molar-refractivity contribution in [1.29, 1.82) is 0 Å². The van der Waals surface area contributed by atoms with Crippen LogP contribution in [0.4, 0.5) is 22.0 Å². The predicted octanol–water partition coefficient (Wildman–Crippen LogP) is 3.81. The number of carbonyl (C=O) groups excluding carboxylic acids is 2. The number of para-hydroxylation sites is 2. The van der Waals surface area contributed by atoms with Crippen molar-refractivity contribution in [2.24, 2.45) is 0 Å². The topological polar surface area (TPSA) is 133 Å². The van der Waals surface area contributed by atoms with Crippen molar-refractivity contribution >= 4 is 34.7 Å². The summed E-state index contributed by atoms with van der Waals surface area (Å²) in [4.78, 5) is 29.0. The van der Waals surface area contributed by atoms with E-state index in [1.807, 2.05) is 6.07 Å². The number of hydrogen-bond donors (Lipinski definition) is 3. The number of carbonyl (C=O) groups is 2. The van der Waals surface area contributed by atoms with Gasteiger partial charge in [-0.3, -0.25) is 0 Å². The summed E-state index contributed by atoms with van der Waals surface area (Å²) < 4.78 is 11.9. The fourth-order valence-electron chi connectivity index (χ4n) is 3.44. The normalized spacial score (nSPS) is 10.6. The number of hydrogen-bond acceptors (Lipinski definition) is 7. The minimum absolute atomic E-state index is 0.230. The van der Waals surface area contributed by atoms with Crippen LogP contribution < -0.4 is 21.1 Å². The van der Waals surface area contributed by atoms with Gasteiger partial charge in [0.25, 0.3) is 0 Å². The molecule has 0 saturated heterocycles. The van der Waals surface area contributed by atoms with Gasteiger partial charge in [0.1, 0.15) is 17.6 Å². The van der Waals surface area contributed by atoms with Crippen LogP contribution in [0.1, 0.15) is 17.3 Å². The van der Waals surface area contributed by atoms with Crippen LogP contribution >= 0.6 is 0 Å². The molecule has 0 aliphatic heterocycles. The summed E-state index contributed by atoms with van der Waals surface area (Å²) in [7, 11) is 1.53. The molecule has 0 aliphatic carbocycles. The first-order valence-corrected chi connectivity index (χ1v) is 10.1. The number of aromatic nitrogens is 3. The highest BCUT2D eigenvalue weighted by Crippen LogP contribution is 2.33. The summed E-state index contributed by atoms with van der Waals surface area (Å²) >= 11 is 0. The number of methoxy groups -OCH3 is 1. The van der Waals surface area contributed by atoms with Gasteiger partial charge in [-0.05, 0) is 36.8 Å². The molecule has 4 aromatic rings. The minimum Gasteiger partial charge on any atom is -0.495 e. The lowest BCUT2D eigenvalue weighted by Gasteiger charge is -2.11. The molecule has 4 rings (SSSR count). The number of nitrogen functional groups attached to an aromatic ring is 1. The van der Waals surface area contributed by atoms with Crippen LogP contribution in [0.2, 0.25) is 0 Å². The largest absolute Gasteiger partial charge is 0.495 e. The number of nitrogens with zero attached hydrogens (tertiary/aromatic N) is 3. The lowest BCUT2D eigenvalue weighted by Crippen LogP contribution is -2.19. The second-order valence-electron chi connectivity index (χ2n) is 6.93. The number of amides is 2. The lowest BCUT2D eigenvalue weighted by atomic mass is 10.0. The summed E-state index contributed by atoms with van der Waals surface area (Å²) in [5.41, 5.74) is 9.23. The van der Waals surface area contributed by atoms with Crippen LogP contribution in [0, 0.1) is 0 Å². The van der Waals surface area contributed by atoms with Gasteiger partial charge in [0.15, 0.2) is 5.82 Å². The van der Waals surface area contributed by atoms with Crippen LogP contribution in [-0.2, 0) is 4.74 Å². The molecule has 10 heteroatoms. The molecule has 2 aromatic heterocycles. The molecular weight excluding hydrogens is 424 g/mol. The molecule has 2 heterocycles. The van der Waals surface area contributed by atoms with Gasteiger partial charge in [-0.1, -0.05) is 24.3 Å². The third kappa shape index (κ3) is 4.40. The highest BCUT2D eigenvalue weighted by molar-refractivity contribution is 6.05. The van der Waals surface area contributed by atoms with Gasteiger partial charge < -0.3 is 25.8 Å². The summed E-state index contributed by atoms with van der Waals surface area (Å²) in [6.07, 6.45) is 2.88. The molecule has 0 saturated carbocycles. The Morgan fingerprint density at radius 2 is 1.85 bits per heavy atom. The van der Waals surface area contributed by atoms with E-state index in [1.165, 1.54) is 18.0 Å². The van der Waals surface area contributed by atoms with Crippen molar-refractivity contribution in [1.82, 2.24) is 14.6 Å². The van der Waals surface area contributed by atoms with E-state index in [4.69, 9.17) is 15.2 Å². The fraction of sp³-hybridized carbons (Fsp3) is 0.130. The molecule has 2 aromatic carbocycles. The van der Waals surface area contributed by atoms with Crippen LogP contribution in [-0.4, -0.2) is 40.3 Å². The van der Waals surface area contributed by atoms with E-state index in [9.17, 15) is 9.59 Å². The molecule has 33 heavy (non-hydrogen) atoms. The quantitative estimate of drug-likeness (QED) is 0.384. The van der Waals surface area contributed by atoms with Gasteiger partial charge in [0, 0.05) is 17.4 Å². The molecular formula is C23H22N6O4. The Morgan fingerprint density at radius 3 is 2.58 bits per heavy atom. The second kappa shape index (κ2) is 9.27. The molecule has 0 unspecified atom stereocenters. The van der Waals surface area contributed by atoms with Gasteiger partial charge in [-0.25, -0.2) is 19.1 Å². The Kier molecular flexibility index (Phi) is 6.07. The van der Waals surface area contributed by atoms with Crippen LogP contribution in [0.5, 0.6) is 5.75 Å². The van der Waals surface area contributed by atoms with Crippen molar-refractivity contribution in [2.45, 2.75) is 6.92 Å². The third-order valence-corrected chi connectivity index (χ3v) is 4.88. The Morgan fingerprint density at radius 1 is 1.09 bits per heavy atom. The Labute approximate surface area is 189 Å². The number of nitrogens with two attached hydrogens (primary N) is 1. The monoisotopic (exact) mass is 446 g/mol. The van der Waals surface area contributed by atoms with E-state index in [-0.39, 0.29) is 12.4 Å². The SMILES string of the molecule is CCOC(=O)c1cn2ncnc(N)c2c1-c1ccc(NC(=O)Nc2ccccc2OC)cc1. The van der Waals surface area contributed by atoms with Crippen LogP contribution in [0.25, 0.3) is 16.6 Å². The average Bonchev–Trinajstić information content (AvgIpc) is 3.21. The molecule has 0 radical (unpaired) electrons. The van der Waals surface area contributed by atoms with E-state index in [0.29, 0.717) is 39.3 Å². The predicted molar refractivity (Wildman–Crippen MR) is 124 cm³/mol. The first-order chi connectivity index (χ1) is 16.0. The van der Waals surface area contributed by atoms with Crippen molar-refractivity contribution in [3.05, 3.63) is 66.6 Å². The van der Waals surface area contributed by atoms with Gasteiger partial charge in [0.05, 0.1) is 25.0 Å². The van der Waals surface area contributed by atoms with Crippen molar-refractivity contribution in [3.8, 4) is 16.9 Å². The molecule has 10 nitrogen and oxygen atoms in total. The van der Waals surface area contributed by atoms with E-state index < -0.39 is 12.0 Å². The summed E-state index contributed by atoms with van der Waals surface area (Å²) in [6.45, 7) is 1.97. The third-order valence-electron chi connectivity index (χ3n) is 4.88.